The summed E-state index contributed by atoms with van der Waals surface area (Å²) in [5.41, 5.74) is 5.25. The summed E-state index contributed by atoms with van der Waals surface area (Å²) in [6, 6.07) is 0. The molecule has 0 bridgehead atoms. The van der Waals surface area contributed by atoms with Crippen molar-refractivity contribution in [2.75, 3.05) is 13.2 Å². The molecule has 0 fully saturated rings. The lowest BCUT2D eigenvalue weighted by Crippen LogP contribution is -2.32. The minimum absolute atomic E-state index is 0.0658. The van der Waals surface area contributed by atoms with E-state index in [9.17, 15) is 9.59 Å². The third-order valence-corrected chi connectivity index (χ3v) is 2.80. The molecule has 19 heavy (non-hydrogen) atoms. The monoisotopic (exact) mass is 270 g/mol. The van der Waals surface area contributed by atoms with Gasteiger partial charge in [-0.05, 0) is 6.92 Å². The van der Waals surface area contributed by atoms with Crippen LogP contribution >= 0.6 is 0 Å². The van der Waals surface area contributed by atoms with Gasteiger partial charge in [0, 0.05) is 13.0 Å². The van der Waals surface area contributed by atoms with Gasteiger partial charge in [0.15, 0.2) is 0 Å². The van der Waals surface area contributed by atoms with E-state index in [1.807, 2.05) is 0 Å². The van der Waals surface area contributed by atoms with Gasteiger partial charge in [-0.15, -0.1) is 5.11 Å². The Kier molecular flexibility index (Phi) is 3.76. The Morgan fingerprint density at radius 1 is 1.58 bits per heavy atom. The molecule has 0 aromatic carbocycles. The van der Waals surface area contributed by atoms with Crippen molar-refractivity contribution in [3.63, 3.8) is 0 Å². The maximum absolute atomic E-state index is 11.8. The van der Waals surface area contributed by atoms with Crippen molar-refractivity contribution in [3.8, 4) is 5.88 Å². The molecule has 1 aromatic heterocycles. The Bertz CT molecular complexity index is 593. The van der Waals surface area contributed by atoms with Crippen molar-refractivity contribution in [2.45, 2.75) is 25.7 Å². The summed E-state index contributed by atoms with van der Waals surface area (Å²) in [5, 5.41) is 12.0. The lowest BCUT2D eigenvalue weighted by Gasteiger charge is -2.17. The average Bonchev–Trinajstić information content (AvgIpc) is 2.50. The van der Waals surface area contributed by atoms with Gasteiger partial charge in [-0.25, -0.2) is 14.9 Å². The average molecular weight is 270 g/mol. The van der Waals surface area contributed by atoms with Crippen LogP contribution in [0, 0.1) is 5.53 Å². The molecule has 2 heterocycles. The van der Waals surface area contributed by atoms with Crippen LogP contribution in [0.4, 0.5) is 5.69 Å². The second kappa shape index (κ2) is 5.33. The van der Waals surface area contributed by atoms with Crippen LogP contribution in [0.2, 0.25) is 0 Å². The fourth-order valence-electron chi connectivity index (χ4n) is 1.93. The lowest BCUT2D eigenvalue weighted by molar-refractivity contribution is -0.0515. The fourth-order valence-corrected chi connectivity index (χ4v) is 1.93. The smallest absolute Gasteiger partial charge is 0.333 e. The topological polar surface area (TPSA) is 130 Å². The van der Waals surface area contributed by atoms with Gasteiger partial charge in [-0.2, -0.15) is 0 Å². The first kappa shape index (κ1) is 13.4. The number of fused-ring (bicyclic) bond motifs is 1. The normalized spacial score (nSPS) is 22.2. The van der Waals surface area contributed by atoms with Gasteiger partial charge >= 0.3 is 5.69 Å². The first-order chi connectivity index (χ1) is 9.08. The van der Waals surface area contributed by atoms with Gasteiger partial charge in [-0.1, -0.05) is 0 Å². The molecule has 2 atom stereocenters. The number of hydrogen-bond donors (Lipinski definition) is 3. The summed E-state index contributed by atoms with van der Waals surface area (Å²) in [6.45, 7) is 1.59. The number of H-pyrrole nitrogens is 1. The second-order valence-electron chi connectivity index (χ2n) is 4.08. The molecule has 3 N–H and O–H groups in total. The predicted octanol–water partition coefficient (Wildman–Crippen LogP) is -0.122. The van der Waals surface area contributed by atoms with E-state index in [0.717, 1.165) is 4.57 Å². The summed E-state index contributed by atoms with van der Waals surface area (Å²) in [4.78, 5) is 25.4. The summed E-state index contributed by atoms with van der Waals surface area (Å²) < 4.78 is 12.0. The van der Waals surface area contributed by atoms with Crippen LogP contribution in [0.15, 0.2) is 14.7 Å². The van der Waals surface area contributed by atoms with Crippen molar-refractivity contribution in [1.29, 1.82) is 5.53 Å². The molecule has 0 saturated carbocycles. The summed E-state index contributed by atoms with van der Waals surface area (Å²) >= 11 is 0. The van der Waals surface area contributed by atoms with Crippen LogP contribution in [0.1, 0.15) is 19.6 Å². The highest BCUT2D eigenvalue weighted by Crippen LogP contribution is 2.28. The molecular formula is C10H14N4O5. The number of hydrogen-bond acceptors (Lipinski definition) is 7. The molecular weight excluding hydrogens is 256 g/mol. The van der Waals surface area contributed by atoms with Crippen LogP contribution < -0.4 is 16.0 Å². The van der Waals surface area contributed by atoms with Crippen LogP contribution in [0.25, 0.3) is 0 Å². The third-order valence-electron chi connectivity index (χ3n) is 2.80. The van der Waals surface area contributed by atoms with E-state index in [0.29, 0.717) is 6.42 Å². The molecule has 0 radical (unpaired) electrons. The number of aromatic amines is 1. The zero-order valence-corrected chi connectivity index (χ0v) is 10.3. The van der Waals surface area contributed by atoms with Crippen LogP contribution in [-0.4, -0.2) is 34.0 Å². The highest BCUT2D eigenvalue weighted by Gasteiger charge is 2.27. The largest absolute Gasteiger partial charge is 0.474 e. The van der Waals surface area contributed by atoms with E-state index in [1.54, 1.807) is 6.92 Å². The SMILES string of the molecule is CC1O[C@@H](CCO)COc2c(N=N)c(=O)[nH]c(=O)n21. The number of nitrogens with one attached hydrogen (secondary N) is 2. The number of rotatable bonds is 3. The standard InChI is InChI=1S/C10H14N4O5/c1-5-14-9(18-4-6(19-5)2-3-15)7(13-11)8(16)12-10(14)17/h5-6,11,15H,2-4H2,1H3,(H,12,16,17)/t5?,6-/m0/s1. The molecule has 104 valence electrons. The molecule has 1 aliphatic rings. The van der Waals surface area contributed by atoms with E-state index in [-0.39, 0.29) is 24.8 Å². The number of ether oxygens (including phenoxy) is 2. The predicted molar refractivity (Wildman–Crippen MR) is 62.9 cm³/mol. The Balaban J connectivity index is 2.53. The number of aliphatic hydroxyl groups excluding tert-OH is 1. The van der Waals surface area contributed by atoms with E-state index in [1.165, 1.54) is 0 Å². The van der Waals surface area contributed by atoms with Crippen molar-refractivity contribution in [2.24, 2.45) is 5.11 Å². The molecule has 9 nitrogen and oxygen atoms in total. The molecule has 0 saturated heterocycles. The maximum Gasteiger partial charge on any atom is 0.333 e. The number of aliphatic hydroxyl groups is 1. The minimum Gasteiger partial charge on any atom is -0.474 e. The Morgan fingerprint density at radius 3 is 2.95 bits per heavy atom. The highest BCUT2D eigenvalue weighted by molar-refractivity contribution is 5.44. The Labute approximate surface area is 107 Å². The molecule has 2 rings (SSSR count). The summed E-state index contributed by atoms with van der Waals surface area (Å²) in [7, 11) is 0. The second-order valence-corrected chi connectivity index (χ2v) is 4.08. The molecule has 9 heteroatoms. The zero-order valence-electron chi connectivity index (χ0n) is 10.3. The Hall–Kier alpha value is -2.00. The van der Waals surface area contributed by atoms with Crippen molar-refractivity contribution < 1.29 is 14.6 Å². The molecule has 1 unspecified atom stereocenters. The van der Waals surface area contributed by atoms with Crippen molar-refractivity contribution >= 4 is 5.69 Å². The van der Waals surface area contributed by atoms with Crippen molar-refractivity contribution in [3.05, 3.63) is 20.8 Å². The molecule has 1 aliphatic heterocycles. The first-order valence-corrected chi connectivity index (χ1v) is 5.74. The summed E-state index contributed by atoms with van der Waals surface area (Å²) in [6.07, 6.45) is -0.763. The fraction of sp³-hybridized carbons (Fsp3) is 0.600. The minimum atomic E-state index is -0.779. The Morgan fingerprint density at radius 2 is 2.32 bits per heavy atom. The van der Waals surface area contributed by atoms with E-state index >= 15 is 0 Å². The van der Waals surface area contributed by atoms with Crippen LogP contribution in [0.3, 0.4) is 0 Å². The zero-order chi connectivity index (χ0) is 14.0. The van der Waals surface area contributed by atoms with Gasteiger partial charge in [0.25, 0.3) is 5.56 Å². The van der Waals surface area contributed by atoms with Gasteiger partial charge < -0.3 is 14.6 Å². The molecule has 0 amide bonds. The lowest BCUT2D eigenvalue weighted by atomic mass is 10.3. The first-order valence-electron chi connectivity index (χ1n) is 5.74. The quantitative estimate of drug-likeness (QED) is 0.659. The van der Waals surface area contributed by atoms with E-state index in [2.05, 4.69) is 10.1 Å². The van der Waals surface area contributed by atoms with Crippen LogP contribution in [0.5, 0.6) is 5.88 Å². The van der Waals surface area contributed by atoms with Gasteiger partial charge in [-0.3, -0.25) is 9.78 Å². The van der Waals surface area contributed by atoms with Crippen molar-refractivity contribution in [1.82, 2.24) is 9.55 Å². The molecule has 0 aliphatic carbocycles. The molecule has 1 aromatic rings. The maximum atomic E-state index is 11.8. The summed E-state index contributed by atoms with van der Waals surface area (Å²) in [5.74, 6) is -0.0864. The van der Waals surface area contributed by atoms with Crippen LogP contribution in [-0.2, 0) is 4.74 Å². The van der Waals surface area contributed by atoms with Gasteiger partial charge in [0.2, 0.25) is 11.6 Å². The van der Waals surface area contributed by atoms with Gasteiger partial charge in [0.05, 0.1) is 6.10 Å². The van der Waals surface area contributed by atoms with Gasteiger partial charge in [0.1, 0.15) is 12.8 Å². The molecule has 0 spiro atoms. The van der Waals surface area contributed by atoms with E-state index < -0.39 is 23.6 Å². The number of nitrogens with zero attached hydrogens (tertiary/aromatic N) is 2. The highest BCUT2D eigenvalue weighted by atomic mass is 16.6. The number of aromatic nitrogens is 2. The van der Waals surface area contributed by atoms with E-state index in [4.69, 9.17) is 20.1 Å². The third kappa shape index (κ3) is 2.42.